The average Bonchev–Trinajstić information content (AvgIpc) is 2.96. The molecule has 0 aliphatic carbocycles. The van der Waals surface area contributed by atoms with E-state index < -0.39 is 21.9 Å². The minimum absolute atomic E-state index is 0.0320. The van der Waals surface area contributed by atoms with Crippen LogP contribution in [0.25, 0.3) is 11.1 Å². The largest absolute Gasteiger partial charge is 0.419 e. The van der Waals surface area contributed by atoms with Gasteiger partial charge in [0.2, 0.25) is 10.0 Å². The third-order valence-electron chi connectivity index (χ3n) is 5.17. The van der Waals surface area contributed by atoms with E-state index in [2.05, 4.69) is 0 Å². The van der Waals surface area contributed by atoms with Crippen LogP contribution in [-0.2, 0) is 17.1 Å². The van der Waals surface area contributed by atoms with Gasteiger partial charge in [0.15, 0.2) is 5.58 Å². The predicted octanol–water partition coefficient (Wildman–Crippen LogP) is 1.67. The van der Waals surface area contributed by atoms with Gasteiger partial charge >= 0.3 is 5.76 Å². The van der Waals surface area contributed by atoms with E-state index in [1.165, 1.54) is 34.1 Å². The van der Waals surface area contributed by atoms with Crippen LogP contribution >= 0.6 is 0 Å². The summed E-state index contributed by atoms with van der Waals surface area (Å²) in [5, 5.41) is 10.6. The molecule has 4 rings (SSSR count). The molecule has 0 unspecified atom stereocenters. The molecular formula is C19H20N2O5S. The van der Waals surface area contributed by atoms with Crippen molar-refractivity contribution in [2.24, 2.45) is 7.05 Å². The van der Waals surface area contributed by atoms with Crippen LogP contribution in [0.15, 0.2) is 62.6 Å². The second-order valence-corrected chi connectivity index (χ2v) is 8.73. The lowest BCUT2D eigenvalue weighted by Crippen LogP contribution is -2.45. The van der Waals surface area contributed by atoms with Gasteiger partial charge < -0.3 is 9.52 Å². The summed E-state index contributed by atoms with van der Waals surface area (Å²) >= 11 is 0. The third kappa shape index (κ3) is 3.09. The molecule has 3 aromatic rings. The van der Waals surface area contributed by atoms with Gasteiger partial charge in [0.25, 0.3) is 0 Å². The lowest BCUT2D eigenvalue weighted by molar-refractivity contribution is 0.0854. The van der Waals surface area contributed by atoms with Crippen molar-refractivity contribution in [1.82, 2.24) is 8.87 Å². The van der Waals surface area contributed by atoms with Crippen LogP contribution < -0.4 is 5.76 Å². The number of fused-ring (bicyclic) bond motifs is 1. The molecule has 7 nitrogen and oxygen atoms in total. The molecule has 0 spiro atoms. The monoisotopic (exact) mass is 388 g/mol. The van der Waals surface area contributed by atoms with E-state index in [-0.39, 0.29) is 17.4 Å². The van der Waals surface area contributed by atoms with E-state index in [1.807, 2.05) is 30.3 Å². The number of rotatable bonds is 3. The Morgan fingerprint density at radius 3 is 2.59 bits per heavy atom. The minimum atomic E-state index is -3.78. The summed E-state index contributed by atoms with van der Waals surface area (Å²) in [6.45, 7) is 0.353. The molecule has 2 atom stereocenters. The Morgan fingerprint density at radius 2 is 1.89 bits per heavy atom. The molecule has 0 amide bonds. The summed E-state index contributed by atoms with van der Waals surface area (Å²) in [6.07, 6.45) is -0.241. The van der Waals surface area contributed by atoms with Crippen LogP contribution in [0.3, 0.4) is 0 Å². The fraction of sp³-hybridized carbons (Fsp3) is 0.316. The molecule has 0 radical (unpaired) electrons. The van der Waals surface area contributed by atoms with Crippen LogP contribution in [0.4, 0.5) is 0 Å². The molecule has 1 aliphatic heterocycles. The SMILES string of the molecule is Cn1c(=O)oc2ccc(S(=O)(=O)N3CC[C@H](c4ccccc4)[C@H](O)C3)cc21. The number of sulfonamides is 1. The molecule has 1 aromatic heterocycles. The first-order valence-corrected chi connectivity index (χ1v) is 10.1. The highest BCUT2D eigenvalue weighted by molar-refractivity contribution is 7.89. The number of aromatic nitrogens is 1. The second-order valence-electron chi connectivity index (χ2n) is 6.79. The van der Waals surface area contributed by atoms with Gasteiger partial charge in [-0.1, -0.05) is 30.3 Å². The molecular weight excluding hydrogens is 368 g/mol. The number of benzene rings is 2. The predicted molar refractivity (Wildman–Crippen MR) is 100 cm³/mol. The van der Waals surface area contributed by atoms with Gasteiger partial charge in [-0.2, -0.15) is 4.31 Å². The quantitative estimate of drug-likeness (QED) is 0.737. The summed E-state index contributed by atoms with van der Waals surface area (Å²) in [4.78, 5) is 11.7. The zero-order valence-electron chi connectivity index (χ0n) is 14.8. The maximum atomic E-state index is 13.0. The van der Waals surface area contributed by atoms with Gasteiger partial charge in [0, 0.05) is 26.1 Å². The maximum absolute atomic E-state index is 13.0. The Hall–Kier alpha value is -2.42. The average molecular weight is 388 g/mol. The Labute approximate surface area is 156 Å². The molecule has 0 bridgehead atoms. The number of nitrogens with zero attached hydrogens (tertiary/aromatic N) is 2. The zero-order valence-corrected chi connectivity index (χ0v) is 15.6. The van der Waals surface area contributed by atoms with Crippen LogP contribution in [0.2, 0.25) is 0 Å². The Bertz CT molecular complexity index is 1130. The first kappa shape index (κ1) is 18.0. The lowest BCUT2D eigenvalue weighted by Gasteiger charge is -2.35. The molecule has 2 aromatic carbocycles. The highest BCUT2D eigenvalue weighted by Gasteiger charge is 2.35. The van der Waals surface area contributed by atoms with Gasteiger partial charge in [-0.3, -0.25) is 4.57 Å². The first-order valence-electron chi connectivity index (χ1n) is 8.70. The number of oxazole rings is 1. The van der Waals surface area contributed by atoms with Crippen LogP contribution in [0.5, 0.6) is 0 Å². The number of aliphatic hydroxyl groups excluding tert-OH is 1. The highest BCUT2D eigenvalue weighted by atomic mass is 32.2. The molecule has 0 saturated carbocycles. The van der Waals surface area contributed by atoms with Gasteiger partial charge in [0.05, 0.1) is 16.5 Å². The van der Waals surface area contributed by atoms with Gasteiger partial charge in [0.1, 0.15) is 0 Å². The van der Waals surface area contributed by atoms with Crippen molar-refractivity contribution >= 4 is 21.1 Å². The second kappa shape index (κ2) is 6.63. The van der Waals surface area contributed by atoms with Crippen molar-refractivity contribution in [3.05, 3.63) is 64.6 Å². The Balaban J connectivity index is 1.62. The van der Waals surface area contributed by atoms with Crippen LogP contribution in [-0.4, -0.2) is 41.6 Å². The number of β-amino-alcohol motifs (C(OH)–C–C–N with tert-alkyl or cyclic N) is 1. The van der Waals surface area contributed by atoms with Crippen molar-refractivity contribution < 1.29 is 17.9 Å². The van der Waals surface area contributed by atoms with E-state index in [9.17, 15) is 18.3 Å². The normalized spacial score (nSPS) is 21.6. The van der Waals surface area contributed by atoms with Gasteiger partial charge in [-0.15, -0.1) is 0 Å². The standard InChI is InChI=1S/C19H20N2O5S/c1-20-16-11-14(7-8-18(16)26-19(20)23)27(24,25)21-10-9-15(17(22)12-21)13-5-3-2-4-6-13/h2-8,11,15,17,22H,9-10,12H2,1H3/t15-,17-/m1/s1. The topological polar surface area (TPSA) is 92.8 Å². The van der Waals surface area contributed by atoms with E-state index >= 15 is 0 Å². The van der Waals surface area contributed by atoms with Gasteiger partial charge in [-0.25, -0.2) is 13.2 Å². The van der Waals surface area contributed by atoms with E-state index in [0.29, 0.717) is 24.1 Å². The van der Waals surface area contributed by atoms with Crippen LogP contribution in [0.1, 0.15) is 17.9 Å². The van der Waals surface area contributed by atoms with E-state index in [0.717, 1.165) is 5.56 Å². The lowest BCUT2D eigenvalue weighted by atomic mass is 9.88. The number of hydrogen-bond acceptors (Lipinski definition) is 5. The third-order valence-corrected chi connectivity index (χ3v) is 7.03. The fourth-order valence-corrected chi connectivity index (χ4v) is 5.12. The summed E-state index contributed by atoms with van der Waals surface area (Å²) in [7, 11) is -2.26. The highest BCUT2D eigenvalue weighted by Crippen LogP contribution is 2.31. The fourth-order valence-electron chi connectivity index (χ4n) is 3.63. The number of piperidine rings is 1. The van der Waals surface area contributed by atoms with Crippen molar-refractivity contribution in [1.29, 1.82) is 0 Å². The summed E-state index contributed by atoms with van der Waals surface area (Å²) < 4.78 is 33.7. The van der Waals surface area contributed by atoms with Crippen molar-refractivity contribution in [3.8, 4) is 0 Å². The molecule has 1 N–H and O–H groups in total. The van der Waals surface area contributed by atoms with Crippen molar-refractivity contribution in [2.45, 2.75) is 23.3 Å². The van der Waals surface area contributed by atoms with Crippen LogP contribution in [0, 0.1) is 0 Å². The summed E-state index contributed by atoms with van der Waals surface area (Å²) in [6, 6.07) is 14.0. The molecule has 1 saturated heterocycles. The molecule has 2 heterocycles. The molecule has 1 fully saturated rings. The molecule has 8 heteroatoms. The molecule has 1 aliphatic rings. The first-order chi connectivity index (χ1) is 12.9. The van der Waals surface area contributed by atoms with E-state index in [4.69, 9.17) is 4.42 Å². The number of hydrogen-bond donors (Lipinski definition) is 1. The molecule has 142 valence electrons. The Morgan fingerprint density at radius 1 is 1.15 bits per heavy atom. The molecule has 27 heavy (non-hydrogen) atoms. The summed E-state index contributed by atoms with van der Waals surface area (Å²) in [5.41, 5.74) is 1.77. The Kier molecular flexibility index (Phi) is 4.41. The summed E-state index contributed by atoms with van der Waals surface area (Å²) in [5.74, 6) is -0.631. The maximum Gasteiger partial charge on any atom is 0.419 e. The zero-order chi connectivity index (χ0) is 19.2. The number of aryl methyl sites for hydroxylation is 1. The minimum Gasteiger partial charge on any atom is -0.408 e. The van der Waals surface area contributed by atoms with Crippen molar-refractivity contribution in [3.63, 3.8) is 0 Å². The van der Waals surface area contributed by atoms with E-state index in [1.54, 1.807) is 0 Å². The smallest absolute Gasteiger partial charge is 0.408 e. The van der Waals surface area contributed by atoms with Crippen molar-refractivity contribution in [2.75, 3.05) is 13.1 Å². The van der Waals surface area contributed by atoms with Gasteiger partial charge in [-0.05, 0) is 30.2 Å². The number of aliphatic hydroxyl groups is 1.